The molecular formula is C8H14Np-2. The maximum absolute atomic E-state index is 3.01. The molecular weight excluding hydrogens is 333 g/mol. The monoisotopic (exact) mass is 346 g/mol. The molecule has 0 aliphatic carbocycles. The van der Waals surface area contributed by atoms with Gasteiger partial charge in [0.05, 0.1) is 0 Å². The van der Waals surface area contributed by atoms with Crippen molar-refractivity contribution in [2.45, 2.75) is 27.2 Å². The summed E-state index contributed by atoms with van der Waals surface area (Å²) < 4.78 is 0. The maximum atomic E-state index is 3.01. The van der Waals surface area contributed by atoms with Crippen molar-refractivity contribution >= 4 is 0 Å². The van der Waals surface area contributed by atoms with E-state index in [9.17, 15) is 0 Å². The zero-order chi connectivity index (χ0) is 6.41. The minimum absolute atomic E-state index is 0. The average Bonchev–Trinajstić information content (AvgIpc) is 1.68. The topological polar surface area (TPSA) is 0 Å². The molecule has 0 aromatic carbocycles. The first-order chi connectivity index (χ1) is 3.81. The van der Waals surface area contributed by atoms with Crippen LogP contribution in [0.25, 0.3) is 0 Å². The molecule has 0 N–H and O–H groups in total. The van der Waals surface area contributed by atoms with E-state index in [2.05, 4.69) is 32.4 Å². The summed E-state index contributed by atoms with van der Waals surface area (Å²) in [5.74, 6) is 0.671. The first kappa shape index (κ1) is 12.4. The van der Waals surface area contributed by atoms with Crippen molar-refractivity contribution in [3.05, 3.63) is 18.6 Å². The Kier molecular flexibility index (Phi) is 12.1. The van der Waals surface area contributed by atoms with Gasteiger partial charge in [-0.1, -0.05) is 12.8 Å². The first-order valence-corrected chi connectivity index (χ1v) is 3.09. The van der Waals surface area contributed by atoms with E-state index in [1.54, 1.807) is 0 Å². The molecule has 53 valence electrons. The van der Waals surface area contributed by atoms with Crippen LogP contribution in [0.15, 0.2) is 6.08 Å². The molecule has 1 radical (unpaired) electrons. The second kappa shape index (κ2) is 8.75. The molecule has 0 nitrogen and oxygen atoms in total. The summed E-state index contributed by atoms with van der Waals surface area (Å²) in [6, 6.07) is 0. The average molecular weight is 347 g/mol. The smallest absolute Gasteiger partial charge is 0 e. The molecule has 0 amide bonds. The molecule has 0 fully saturated rings. The van der Waals surface area contributed by atoms with E-state index in [4.69, 9.17) is 0 Å². The normalized spacial score (nSPS) is 13.2. The van der Waals surface area contributed by atoms with Gasteiger partial charge < -0.3 is 12.5 Å². The molecule has 0 heterocycles. The summed E-state index contributed by atoms with van der Waals surface area (Å²) >= 11 is 0. The molecule has 0 spiro atoms. The summed E-state index contributed by atoms with van der Waals surface area (Å²) in [7, 11) is 0. The first-order valence-electron chi connectivity index (χ1n) is 3.09. The van der Waals surface area contributed by atoms with Crippen LogP contribution in [-0.4, -0.2) is 0 Å². The van der Waals surface area contributed by atoms with Gasteiger partial charge in [-0.2, -0.15) is 20.3 Å². The Morgan fingerprint density at radius 1 is 1.67 bits per heavy atom. The number of rotatable bonds is 3. The van der Waals surface area contributed by atoms with Crippen molar-refractivity contribution < 1.29 is 29.9 Å². The molecule has 0 aliphatic rings. The summed E-state index contributed by atoms with van der Waals surface area (Å²) in [5.41, 5.74) is 0. The van der Waals surface area contributed by atoms with Gasteiger partial charge in [-0.25, -0.2) is 0 Å². The Bertz CT molecular complexity index is 67.0. The largest absolute Gasteiger partial charge is 0.504 e. The van der Waals surface area contributed by atoms with Crippen LogP contribution in [0.3, 0.4) is 0 Å². The van der Waals surface area contributed by atoms with Gasteiger partial charge in [-0.05, 0) is 0 Å². The molecule has 0 rings (SSSR count). The van der Waals surface area contributed by atoms with Crippen molar-refractivity contribution in [2.24, 2.45) is 5.92 Å². The Morgan fingerprint density at radius 3 is 2.56 bits per heavy atom. The third-order valence-corrected chi connectivity index (χ3v) is 1.06. The fourth-order valence-electron chi connectivity index (χ4n) is 0.724. The van der Waals surface area contributed by atoms with Gasteiger partial charge >= 0.3 is 0 Å². The van der Waals surface area contributed by atoms with Crippen molar-refractivity contribution in [3.8, 4) is 0 Å². The van der Waals surface area contributed by atoms with Gasteiger partial charge in [0.1, 0.15) is 0 Å². The third kappa shape index (κ3) is 8.75. The molecule has 0 bridgehead atoms. The summed E-state index contributed by atoms with van der Waals surface area (Å²) in [4.78, 5) is 0. The summed E-state index contributed by atoms with van der Waals surface area (Å²) in [6.07, 6.45) is 8.45. The van der Waals surface area contributed by atoms with Gasteiger partial charge in [-0.15, -0.1) is 0 Å². The fraction of sp³-hybridized carbons (Fsp3) is 0.625. The SMILES string of the molecule is C[C-]=CC(C)C[CH-]C.[Np]. The quantitative estimate of drug-likeness (QED) is 0.689. The van der Waals surface area contributed by atoms with Crippen molar-refractivity contribution in [3.63, 3.8) is 0 Å². The van der Waals surface area contributed by atoms with Crippen molar-refractivity contribution in [1.29, 1.82) is 0 Å². The van der Waals surface area contributed by atoms with E-state index in [-0.39, 0.29) is 29.9 Å². The van der Waals surface area contributed by atoms with Gasteiger partial charge in [-0.3, -0.25) is 6.08 Å². The van der Waals surface area contributed by atoms with Crippen LogP contribution in [0.5, 0.6) is 0 Å². The fourth-order valence-corrected chi connectivity index (χ4v) is 0.724. The van der Waals surface area contributed by atoms with E-state index in [0.717, 1.165) is 0 Å². The molecule has 0 aliphatic heterocycles. The Labute approximate surface area is 81.4 Å². The molecule has 0 saturated heterocycles. The number of hydrogen-bond donors (Lipinski definition) is 0. The molecule has 0 aromatic heterocycles. The van der Waals surface area contributed by atoms with Crippen molar-refractivity contribution in [1.82, 2.24) is 0 Å². The second-order valence-electron chi connectivity index (χ2n) is 2.08. The van der Waals surface area contributed by atoms with Crippen molar-refractivity contribution in [2.75, 3.05) is 0 Å². The van der Waals surface area contributed by atoms with Crippen LogP contribution in [0.1, 0.15) is 27.2 Å². The maximum Gasteiger partial charge on any atom is 0 e. The Balaban J connectivity index is 0. The predicted molar refractivity (Wildman–Crippen MR) is 37.2 cm³/mol. The zero-order valence-corrected chi connectivity index (χ0v) is 10.1. The minimum Gasteiger partial charge on any atom is -0.504 e. The van der Waals surface area contributed by atoms with Crippen LogP contribution in [0, 0.1) is 48.4 Å². The van der Waals surface area contributed by atoms with E-state index >= 15 is 0 Å². The molecule has 1 heteroatoms. The second-order valence-corrected chi connectivity index (χ2v) is 2.08. The van der Waals surface area contributed by atoms with E-state index in [0.29, 0.717) is 5.92 Å². The molecule has 9 heavy (non-hydrogen) atoms. The summed E-state index contributed by atoms with van der Waals surface area (Å²) in [5, 5.41) is 0. The van der Waals surface area contributed by atoms with Crippen LogP contribution in [-0.2, 0) is 0 Å². The Hall–Kier alpha value is 0.753. The third-order valence-electron chi connectivity index (χ3n) is 1.06. The standard InChI is InChI=1S/C8H14.Np/c1-4-6-8(3)7-5-2;/h4,7-8H,6H2,1-3H3;/q-2;. The van der Waals surface area contributed by atoms with Crippen LogP contribution >= 0.6 is 0 Å². The predicted octanol–water partition coefficient (Wildman–Crippen LogP) is 2.62. The molecule has 0 aromatic rings. The molecule has 1 unspecified atom stereocenters. The van der Waals surface area contributed by atoms with Crippen LogP contribution in [0.2, 0.25) is 0 Å². The Morgan fingerprint density at radius 2 is 2.22 bits per heavy atom. The summed E-state index contributed by atoms with van der Waals surface area (Å²) in [6.45, 7) is 6.21. The molecule has 0 saturated carbocycles. The van der Waals surface area contributed by atoms with Gasteiger partial charge in [0, 0.05) is 29.9 Å². The van der Waals surface area contributed by atoms with Crippen LogP contribution < -0.4 is 0 Å². The van der Waals surface area contributed by atoms with Gasteiger partial charge in [0.2, 0.25) is 0 Å². The molecule has 1 atom stereocenters. The van der Waals surface area contributed by atoms with E-state index in [1.165, 1.54) is 6.42 Å². The minimum atomic E-state index is 0. The van der Waals surface area contributed by atoms with Gasteiger partial charge in [0.15, 0.2) is 0 Å². The van der Waals surface area contributed by atoms with Gasteiger partial charge in [0.25, 0.3) is 0 Å². The van der Waals surface area contributed by atoms with E-state index < -0.39 is 0 Å². The van der Waals surface area contributed by atoms with Crippen LogP contribution in [0.4, 0.5) is 0 Å². The zero-order valence-electron chi connectivity index (χ0n) is 6.39. The van der Waals surface area contributed by atoms with E-state index in [1.807, 2.05) is 6.92 Å². The number of hydrogen-bond acceptors (Lipinski definition) is 0. The number of allylic oxidation sites excluding steroid dienone is 2.